The predicted molar refractivity (Wildman–Crippen MR) is 208 cm³/mol. The second-order valence-electron chi connectivity index (χ2n) is 12.3. The standard InChI is InChI=1S/C27H22N8O7.C13H12N2O/c1-3-33(2)25(38)14-8-19(21-12-34(31-29-21)15-4-6-17(26(39)40)23(36)10-15)28-20(9-14)22-13-35(32-30-22)16-5-7-18(27(41)42)24(37)11-16;1-5-11-8-10(9-12(6-2)14-11)13(16)15(4)7-3/h4-13,36-37H,3H2,1-2H3,(H,39,40)(H,41,42);1-2,8-9H,7H2,3-4H3. The van der Waals surface area contributed by atoms with Gasteiger partial charge in [-0.25, -0.2) is 28.9 Å². The van der Waals surface area contributed by atoms with Crippen LogP contribution >= 0.6 is 0 Å². The first kappa shape index (κ1) is 40.8. The minimum atomic E-state index is -1.28. The number of nitrogens with zero attached hydrogens (tertiary/aromatic N) is 10. The van der Waals surface area contributed by atoms with Crippen LogP contribution in [0.2, 0.25) is 0 Å². The van der Waals surface area contributed by atoms with Gasteiger partial charge in [0.25, 0.3) is 11.8 Å². The van der Waals surface area contributed by atoms with Crippen molar-refractivity contribution in [1.82, 2.24) is 49.8 Å². The molecule has 4 heterocycles. The first-order valence-electron chi connectivity index (χ1n) is 17.1. The minimum Gasteiger partial charge on any atom is -0.507 e. The minimum absolute atomic E-state index is 0.113. The van der Waals surface area contributed by atoms with Gasteiger partial charge in [-0.15, -0.1) is 23.0 Å². The number of hydrogen-bond donors (Lipinski definition) is 4. The number of carbonyl (C=O) groups excluding carboxylic acids is 2. The Morgan fingerprint density at radius 1 is 0.621 bits per heavy atom. The molecule has 6 rings (SSSR count). The number of aromatic nitrogens is 8. The molecule has 292 valence electrons. The third kappa shape index (κ3) is 8.94. The van der Waals surface area contributed by atoms with Gasteiger partial charge in [0.2, 0.25) is 0 Å². The third-order valence-corrected chi connectivity index (χ3v) is 8.55. The van der Waals surface area contributed by atoms with Gasteiger partial charge in [-0.1, -0.05) is 22.3 Å². The molecule has 0 spiro atoms. The van der Waals surface area contributed by atoms with Gasteiger partial charge < -0.3 is 30.2 Å². The molecule has 0 saturated carbocycles. The van der Waals surface area contributed by atoms with Gasteiger partial charge in [-0.2, -0.15) is 0 Å². The highest BCUT2D eigenvalue weighted by Crippen LogP contribution is 2.27. The maximum Gasteiger partial charge on any atom is 0.339 e. The van der Waals surface area contributed by atoms with Crippen LogP contribution in [-0.4, -0.2) is 121 Å². The van der Waals surface area contributed by atoms with Gasteiger partial charge in [0, 0.05) is 50.4 Å². The van der Waals surface area contributed by atoms with E-state index in [0.717, 1.165) is 0 Å². The number of carbonyl (C=O) groups is 4. The molecule has 0 radical (unpaired) electrons. The number of aromatic carboxylic acids is 2. The van der Waals surface area contributed by atoms with Crippen molar-refractivity contribution >= 4 is 23.8 Å². The highest BCUT2D eigenvalue weighted by molar-refractivity contribution is 5.96. The number of hydrogen-bond acceptors (Lipinski definition) is 12. The summed E-state index contributed by atoms with van der Waals surface area (Å²) in [5.74, 6) is 0.911. The van der Waals surface area contributed by atoms with Crippen LogP contribution in [0.3, 0.4) is 0 Å². The van der Waals surface area contributed by atoms with E-state index in [-0.39, 0.29) is 51.3 Å². The topological polar surface area (TPSA) is 243 Å². The number of carboxylic acid groups (broad SMARTS) is 2. The second kappa shape index (κ2) is 17.4. The highest BCUT2D eigenvalue weighted by atomic mass is 16.4. The Hall–Kier alpha value is -8.38. The summed E-state index contributed by atoms with van der Waals surface area (Å²) >= 11 is 0. The number of terminal acetylenes is 2. The Morgan fingerprint density at radius 3 is 1.36 bits per heavy atom. The SMILES string of the molecule is C#Cc1cc(C(=O)N(C)CC)cc(C#C)n1.CCN(C)C(=O)c1cc(-c2cn(-c3ccc(C(=O)O)c(O)c3)nn2)nc(-c2cn(-c3ccc(C(=O)O)c(O)c3)nn2)c1. The highest BCUT2D eigenvalue weighted by Gasteiger charge is 2.20. The van der Waals surface area contributed by atoms with E-state index in [1.807, 2.05) is 13.8 Å². The van der Waals surface area contributed by atoms with Crippen LogP contribution < -0.4 is 0 Å². The quantitative estimate of drug-likeness (QED) is 0.145. The lowest BCUT2D eigenvalue weighted by molar-refractivity contribution is 0.0682. The number of phenols is 2. The molecule has 0 atom stereocenters. The van der Waals surface area contributed by atoms with Gasteiger partial charge in [0.15, 0.2) is 0 Å². The maximum absolute atomic E-state index is 13.1. The number of pyridine rings is 2. The molecule has 18 nitrogen and oxygen atoms in total. The number of benzene rings is 2. The zero-order valence-corrected chi connectivity index (χ0v) is 31.4. The number of rotatable bonds is 10. The lowest BCUT2D eigenvalue weighted by Crippen LogP contribution is -2.26. The molecule has 0 aliphatic carbocycles. The monoisotopic (exact) mass is 782 g/mol. The van der Waals surface area contributed by atoms with E-state index in [2.05, 4.69) is 42.4 Å². The number of carboxylic acids is 2. The first-order chi connectivity index (χ1) is 27.7. The molecule has 2 aromatic carbocycles. The lowest BCUT2D eigenvalue weighted by atomic mass is 10.1. The smallest absolute Gasteiger partial charge is 0.339 e. The summed E-state index contributed by atoms with van der Waals surface area (Å²) < 4.78 is 2.64. The second-order valence-corrected chi connectivity index (χ2v) is 12.3. The van der Waals surface area contributed by atoms with Crippen molar-refractivity contribution in [2.45, 2.75) is 13.8 Å². The van der Waals surface area contributed by atoms with Gasteiger partial charge in [-0.05, 0) is 62.4 Å². The number of amides is 2. The fourth-order valence-corrected chi connectivity index (χ4v) is 5.15. The zero-order valence-electron chi connectivity index (χ0n) is 31.4. The molecular weight excluding hydrogens is 749 g/mol. The Morgan fingerprint density at radius 2 is 1.02 bits per heavy atom. The van der Waals surface area contributed by atoms with Crippen molar-refractivity contribution in [2.75, 3.05) is 27.2 Å². The third-order valence-electron chi connectivity index (χ3n) is 8.55. The first-order valence-corrected chi connectivity index (χ1v) is 17.1. The van der Waals surface area contributed by atoms with Crippen LogP contribution in [0.1, 0.15) is 66.7 Å². The molecule has 0 aliphatic rings. The van der Waals surface area contributed by atoms with Crippen LogP contribution in [0.15, 0.2) is 73.1 Å². The van der Waals surface area contributed by atoms with Crippen molar-refractivity contribution in [3.8, 4) is 70.3 Å². The summed E-state index contributed by atoms with van der Waals surface area (Å²) in [6, 6.07) is 14.1. The van der Waals surface area contributed by atoms with E-state index >= 15 is 0 Å². The van der Waals surface area contributed by atoms with Crippen LogP contribution in [0.4, 0.5) is 0 Å². The Kier molecular flexibility index (Phi) is 12.2. The molecule has 4 aromatic heterocycles. The largest absolute Gasteiger partial charge is 0.507 e. The van der Waals surface area contributed by atoms with Crippen molar-refractivity contribution in [2.24, 2.45) is 0 Å². The summed E-state index contributed by atoms with van der Waals surface area (Å²) in [6.07, 6.45) is 13.5. The van der Waals surface area contributed by atoms with Crippen LogP contribution in [0.5, 0.6) is 11.5 Å². The summed E-state index contributed by atoms with van der Waals surface area (Å²) in [5, 5.41) is 54.9. The molecule has 0 aliphatic heterocycles. The summed E-state index contributed by atoms with van der Waals surface area (Å²) in [5.41, 5.74) is 2.76. The molecule has 4 N–H and O–H groups in total. The van der Waals surface area contributed by atoms with E-state index < -0.39 is 23.4 Å². The van der Waals surface area contributed by atoms with Crippen LogP contribution in [0, 0.1) is 24.7 Å². The molecule has 18 heteroatoms. The van der Waals surface area contributed by atoms with E-state index in [4.69, 9.17) is 23.1 Å². The van der Waals surface area contributed by atoms with E-state index in [1.54, 1.807) is 43.3 Å². The zero-order chi connectivity index (χ0) is 42.3. The molecule has 0 unspecified atom stereocenters. The Labute approximate surface area is 330 Å². The van der Waals surface area contributed by atoms with Gasteiger partial charge in [0.1, 0.15) is 45.4 Å². The van der Waals surface area contributed by atoms with Crippen molar-refractivity contribution in [3.63, 3.8) is 0 Å². The summed E-state index contributed by atoms with van der Waals surface area (Å²) in [4.78, 5) is 59.1. The van der Waals surface area contributed by atoms with Crippen LogP contribution in [-0.2, 0) is 0 Å². The number of aromatic hydroxyl groups is 2. The molecule has 0 bridgehead atoms. The average molecular weight is 783 g/mol. The molecule has 0 fully saturated rings. The Balaban J connectivity index is 0.000000336. The van der Waals surface area contributed by atoms with Crippen molar-refractivity contribution < 1.29 is 39.6 Å². The van der Waals surface area contributed by atoms with E-state index in [0.29, 0.717) is 41.4 Å². The summed E-state index contributed by atoms with van der Waals surface area (Å²) in [7, 11) is 3.36. The van der Waals surface area contributed by atoms with Gasteiger partial charge >= 0.3 is 11.9 Å². The molecule has 58 heavy (non-hydrogen) atoms. The molecular formula is C40H34N10O8. The fourth-order valence-electron chi connectivity index (χ4n) is 5.15. The molecule has 0 saturated heterocycles. The van der Waals surface area contributed by atoms with E-state index in [1.165, 1.54) is 63.1 Å². The van der Waals surface area contributed by atoms with Crippen LogP contribution in [0.25, 0.3) is 34.2 Å². The van der Waals surface area contributed by atoms with Crippen molar-refractivity contribution in [1.29, 1.82) is 0 Å². The van der Waals surface area contributed by atoms with Gasteiger partial charge in [0.05, 0.1) is 35.2 Å². The predicted octanol–water partition coefficient (Wildman–Crippen LogP) is 3.61. The van der Waals surface area contributed by atoms with Crippen molar-refractivity contribution in [3.05, 3.63) is 107 Å². The van der Waals surface area contributed by atoms with Gasteiger partial charge in [-0.3, -0.25) is 9.59 Å². The fraction of sp³-hybridized carbons (Fsp3) is 0.150. The summed E-state index contributed by atoms with van der Waals surface area (Å²) in [6.45, 7) is 4.79. The molecule has 2 amide bonds. The average Bonchev–Trinajstić information content (AvgIpc) is 3.94. The maximum atomic E-state index is 13.1. The normalized spacial score (nSPS) is 10.4. The lowest BCUT2D eigenvalue weighted by Gasteiger charge is -2.15. The van der Waals surface area contributed by atoms with E-state index in [9.17, 15) is 29.4 Å². The Bertz CT molecular complexity index is 2500. The molecule has 6 aromatic rings.